The standard InChI is InChI=1S/C14H17FN4/c1-4-12-18-13(16-3)8-14(19-12)17-10-6-5-9(2)11(15)7-10/h5-8H,4H2,1-3H3,(H2,16,17,18,19). The SMILES string of the molecule is CCc1nc(NC)cc(Nc2ccc(C)c(F)c2)n1. The highest BCUT2D eigenvalue weighted by Crippen LogP contribution is 2.19. The zero-order chi connectivity index (χ0) is 13.8. The Morgan fingerprint density at radius 2 is 1.89 bits per heavy atom. The van der Waals surface area contributed by atoms with Crippen LogP contribution in [0.25, 0.3) is 0 Å². The maximum absolute atomic E-state index is 13.5. The molecule has 100 valence electrons. The minimum atomic E-state index is -0.233. The largest absolute Gasteiger partial charge is 0.373 e. The van der Waals surface area contributed by atoms with Gasteiger partial charge in [-0.2, -0.15) is 0 Å². The number of nitrogens with one attached hydrogen (secondary N) is 2. The van der Waals surface area contributed by atoms with Crippen LogP contribution < -0.4 is 10.6 Å². The fourth-order valence-corrected chi connectivity index (χ4v) is 1.67. The quantitative estimate of drug-likeness (QED) is 0.885. The minimum absolute atomic E-state index is 0.233. The first-order valence-corrected chi connectivity index (χ1v) is 6.21. The van der Waals surface area contributed by atoms with Gasteiger partial charge in [0.25, 0.3) is 0 Å². The summed E-state index contributed by atoms with van der Waals surface area (Å²) in [7, 11) is 1.80. The molecule has 0 bridgehead atoms. The van der Waals surface area contributed by atoms with Crippen molar-refractivity contribution in [3.63, 3.8) is 0 Å². The zero-order valence-electron chi connectivity index (χ0n) is 11.3. The van der Waals surface area contributed by atoms with Gasteiger partial charge in [-0.15, -0.1) is 0 Å². The highest BCUT2D eigenvalue weighted by molar-refractivity contribution is 5.59. The van der Waals surface area contributed by atoms with Crippen LogP contribution in [0.3, 0.4) is 0 Å². The number of nitrogens with zero attached hydrogens (tertiary/aromatic N) is 2. The van der Waals surface area contributed by atoms with Gasteiger partial charge in [-0.1, -0.05) is 13.0 Å². The molecule has 0 amide bonds. The van der Waals surface area contributed by atoms with E-state index in [0.29, 0.717) is 17.1 Å². The lowest BCUT2D eigenvalue weighted by Gasteiger charge is -2.09. The summed E-state index contributed by atoms with van der Waals surface area (Å²) in [6.45, 7) is 3.72. The molecule has 0 spiro atoms. The van der Waals surface area contributed by atoms with E-state index in [-0.39, 0.29) is 5.82 Å². The van der Waals surface area contributed by atoms with Crippen LogP contribution in [-0.2, 0) is 6.42 Å². The van der Waals surface area contributed by atoms with Crippen LogP contribution in [0.2, 0.25) is 0 Å². The predicted octanol–water partition coefficient (Wildman–Crippen LogP) is 3.27. The van der Waals surface area contributed by atoms with Crippen molar-refractivity contribution < 1.29 is 4.39 Å². The fraction of sp³-hybridized carbons (Fsp3) is 0.286. The van der Waals surface area contributed by atoms with Gasteiger partial charge in [0, 0.05) is 25.2 Å². The number of benzene rings is 1. The van der Waals surface area contributed by atoms with Crippen molar-refractivity contribution in [2.24, 2.45) is 0 Å². The summed E-state index contributed by atoms with van der Waals surface area (Å²) in [5, 5.41) is 6.07. The van der Waals surface area contributed by atoms with Crippen molar-refractivity contribution in [2.75, 3.05) is 17.7 Å². The van der Waals surface area contributed by atoms with Gasteiger partial charge in [0.05, 0.1) is 0 Å². The first kappa shape index (κ1) is 13.3. The third-order valence-electron chi connectivity index (χ3n) is 2.79. The average molecular weight is 260 g/mol. The van der Waals surface area contributed by atoms with Crippen molar-refractivity contribution in [1.82, 2.24) is 9.97 Å². The lowest BCUT2D eigenvalue weighted by molar-refractivity contribution is 0.619. The Hall–Kier alpha value is -2.17. The Bertz CT molecular complexity index is 561. The van der Waals surface area contributed by atoms with E-state index in [1.54, 1.807) is 26.1 Å². The predicted molar refractivity (Wildman–Crippen MR) is 75.4 cm³/mol. The Morgan fingerprint density at radius 3 is 2.53 bits per heavy atom. The summed E-state index contributed by atoms with van der Waals surface area (Å²) in [6.07, 6.45) is 0.743. The Balaban J connectivity index is 2.29. The molecule has 19 heavy (non-hydrogen) atoms. The molecule has 0 atom stereocenters. The molecule has 0 saturated heterocycles. The van der Waals surface area contributed by atoms with Crippen LogP contribution in [0.15, 0.2) is 24.3 Å². The third kappa shape index (κ3) is 3.19. The number of rotatable bonds is 4. The number of aromatic nitrogens is 2. The summed E-state index contributed by atoms with van der Waals surface area (Å²) in [5.74, 6) is 1.90. The fourth-order valence-electron chi connectivity index (χ4n) is 1.67. The second-order valence-corrected chi connectivity index (χ2v) is 4.25. The monoisotopic (exact) mass is 260 g/mol. The van der Waals surface area contributed by atoms with E-state index in [1.807, 2.05) is 13.0 Å². The van der Waals surface area contributed by atoms with E-state index < -0.39 is 0 Å². The topological polar surface area (TPSA) is 49.8 Å². The smallest absolute Gasteiger partial charge is 0.136 e. The third-order valence-corrected chi connectivity index (χ3v) is 2.79. The Morgan fingerprint density at radius 1 is 1.16 bits per heavy atom. The number of aryl methyl sites for hydroxylation is 2. The van der Waals surface area contributed by atoms with Gasteiger partial charge >= 0.3 is 0 Å². The van der Waals surface area contributed by atoms with E-state index in [1.165, 1.54) is 6.07 Å². The number of halogens is 1. The van der Waals surface area contributed by atoms with Crippen molar-refractivity contribution in [2.45, 2.75) is 20.3 Å². The van der Waals surface area contributed by atoms with Gasteiger partial charge in [-0.25, -0.2) is 14.4 Å². The van der Waals surface area contributed by atoms with Crippen molar-refractivity contribution >= 4 is 17.3 Å². The first-order valence-electron chi connectivity index (χ1n) is 6.21. The first-order chi connectivity index (χ1) is 9.12. The molecule has 0 fully saturated rings. The second kappa shape index (κ2) is 5.65. The molecule has 2 N–H and O–H groups in total. The normalized spacial score (nSPS) is 10.3. The summed E-state index contributed by atoms with van der Waals surface area (Å²) < 4.78 is 13.5. The number of hydrogen-bond donors (Lipinski definition) is 2. The van der Waals surface area contributed by atoms with Crippen molar-refractivity contribution in [3.05, 3.63) is 41.5 Å². The molecule has 0 aliphatic rings. The molecule has 0 saturated carbocycles. The maximum atomic E-state index is 13.5. The van der Waals surface area contributed by atoms with Gasteiger partial charge in [-0.05, 0) is 24.6 Å². The van der Waals surface area contributed by atoms with E-state index in [2.05, 4.69) is 20.6 Å². The van der Waals surface area contributed by atoms with Crippen molar-refractivity contribution in [3.8, 4) is 0 Å². The van der Waals surface area contributed by atoms with Crippen LogP contribution in [0.1, 0.15) is 18.3 Å². The van der Waals surface area contributed by atoms with Gasteiger partial charge in [0.1, 0.15) is 23.3 Å². The molecule has 1 heterocycles. The molecular weight excluding hydrogens is 243 g/mol. The van der Waals surface area contributed by atoms with E-state index in [4.69, 9.17) is 0 Å². The summed E-state index contributed by atoms with van der Waals surface area (Å²) >= 11 is 0. The Labute approximate surface area is 112 Å². The van der Waals surface area contributed by atoms with E-state index in [9.17, 15) is 4.39 Å². The van der Waals surface area contributed by atoms with Gasteiger partial charge in [0.2, 0.25) is 0 Å². The maximum Gasteiger partial charge on any atom is 0.136 e. The average Bonchev–Trinajstić information content (AvgIpc) is 2.42. The number of hydrogen-bond acceptors (Lipinski definition) is 4. The summed E-state index contributed by atoms with van der Waals surface area (Å²) in [4.78, 5) is 8.67. The lowest BCUT2D eigenvalue weighted by Crippen LogP contribution is -2.03. The summed E-state index contributed by atoms with van der Waals surface area (Å²) in [6, 6.07) is 6.81. The van der Waals surface area contributed by atoms with Crippen LogP contribution in [-0.4, -0.2) is 17.0 Å². The lowest BCUT2D eigenvalue weighted by atomic mass is 10.2. The van der Waals surface area contributed by atoms with Gasteiger partial charge in [0.15, 0.2) is 0 Å². The highest BCUT2D eigenvalue weighted by atomic mass is 19.1. The molecule has 0 aliphatic carbocycles. The van der Waals surface area contributed by atoms with Crippen LogP contribution in [0.5, 0.6) is 0 Å². The van der Waals surface area contributed by atoms with Gasteiger partial charge in [-0.3, -0.25) is 0 Å². The minimum Gasteiger partial charge on any atom is -0.373 e. The molecule has 0 unspecified atom stereocenters. The molecule has 2 aromatic rings. The van der Waals surface area contributed by atoms with Crippen LogP contribution in [0, 0.1) is 12.7 Å². The van der Waals surface area contributed by atoms with Gasteiger partial charge < -0.3 is 10.6 Å². The van der Waals surface area contributed by atoms with E-state index in [0.717, 1.165) is 18.1 Å². The molecule has 0 radical (unpaired) electrons. The number of anilines is 3. The molecule has 5 heteroatoms. The Kier molecular flexibility index (Phi) is 3.94. The van der Waals surface area contributed by atoms with E-state index >= 15 is 0 Å². The van der Waals surface area contributed by atoms with Crippen LogP contribution in [0.4, 0.5) is 21.7 Å². The molecule has 1 aromatic heterocycles. The summed E-state index contributed by atoms with van der Waals surface area (Å²) in [5.41, 5.74) is 1.30. The molecule has 1 aromatic carbocycles. The van der Waals surface area contributed by atoms with Crippen LogP contribution >= 0.6 is 0 Å². The second-order valence-electron chi connectivity index (χ2n) is 4.25. The highest BCUT2D eigenvalue weighted by Gasteiger charge is 2.04. The molecule has 4 nitrogen and oxygen atoms in total. The molecule has 2 rings (SSSR count). The molecular formula is C14H17FN4. The van der Waals surface area contributed by atoms with Crippen molar-refractivity contribution in [1.29, 1.82) is 0 Å². The molecule has 0 aliphatic heterocycles. The zero-order valence-corrected chi connectivity index (χ0v) is 11.3.